The predicted octanol–water partition coefficient (Wildman–Crippen LogP) is 3.41. The molecule has 5 heteroatoms. The summed E-state index contributed by atoms with van der Waals surface area (Å²) in [7, 11) is 0. The summed E-state index contributed by atoms with van der Waals surface area (Å²) in [4.78, 5) is 4.81. The molecule has 130 valence electrons. The minimum Gasteiger partial charge on any atom is -0.491 e. The predicted molar refractivity (Wildman–Crippen MR) is 99.8 cm³/mol. The Balaban J connectivity index is 1.42. The average molecular weight is 356 g/mol. The molecule has 0 bridgehead atoms. The Morgan fingerprint density at radius 3 is 2.40 bits per heavy atom. The number of hydrogen-bond donors (Lipinski definition) is 0. The molecule has 3 rings (SSSR count). The van der Waals surface area contributed by atoms with Gasteiger partial charge in [0.05, 0.1) is 16.7 Å². The Bertz CT molecular complexity index is 736. The normalized spacial score (nSPS) is 15.7. The Morgan fingerprint density at radius 2 is 1.64 bits per heavy atom. The van der Waals surface area contributed by atoms with Crippen LogP contribution in [-0.4, -0.2) is 49.1 Å². The van der Waals surface area contributed by atoms with Crippen molar-refractivity contribution in [1.29, 1.82) is 5.26 Å². The number of benzene rings is 2. The second-order valence-electron chi connectivity index (χ2n) is 6.17. The molecule has 0 N–H and O–H groups in total. The largest absolute Gasteiger partial charge is 0.491 e. The van der Waals surface area contributed by atoms with Crippen molar-refractivity contribution in [2.45, 2.75) is 6.54 Å². The summed E-state index contributed by atoms with van der Waals surface area (Å²) in [5, 5.41) is 9.86. The van der Waals surface area contributed by atoms with Gasteiger partial charge in [0.1, 0.15) is 12.4 Å². The van der Waals surface area contributed by atoms with E-state index in [4.69, 9.17) is 16.3 Å². The van der Waals surface area contributed by atoms with Crippen LogP contribution in [0.3, 0.4) is 0 Å². The molecule has 1 aliphatic rings. The van der Waals surface area contributed by atoms with E-state index in [0.29, 0.717) is 11.6 Å². The van der Waals surface area contributed by atoms with Crippen LogP contribution in [0.5, 0.6) is 5.75 Å². The summed E-state index contributed by atoms with van der Waals surface area (Å²) in [5.41, 5.74) is 1.89. The number of rotatable bonds is 6. The molecule has 25 heavy (non-hydrogen) atoms. The maximum absolute atomic E-state index is 9.20. The lowest BCUT2D eigenvalue weighted by Gasteiger charge is -2.34. The van der Waals surface area contributed by atoms with Crippen molar-refractivity contribution in [2.75, 3.05) is 39.3 Å². The lowest BCUT2D eigenvalue weighted by Crippen LogP contribution is -2.47. The van der Waals surface area contributed by atoms with Gasteiger partial charge in [0.15, 0.2) is 0 Å². The molecular formula is C20H22ClN3O. The summed E-state index contributed by atoms with van der Waals surface area (Å²) < 4.78 is 5.77. The van der Waals surface area contributed by atoms with Crippen molar-refractivity contribution >= 4 is 11.6 Å². The highest BCUT2D eigenvalue weighted by molar-refractivity contribution is 6.32. The fourth-order valence-electron chi connectivity index (χ4n) is 3.03. The lowest BCUT2D eigenvalue weighted by molar-refractivity contribution is 0.112. The lowest BCUT2D eigenvalue weighted by atomic mass is 10.1. The second-order valence-corrected chi connectivity index (χ2v) is 6.57. The summed E-state index contributed by atoms with van der Waals surface area (Å²) >= 11 is 6.10. The number of para-hydroxylation sites is 1. The van der Waals surface area contributed by atoms with Gasteiger partial charge in [0.2, 0.25) is 0 Å². The molecule has 0 saturated carbocycles. The van der Waals surface area contributed by atoms with E-state index in [1.54, 1.807) is 0 Å². The van der Waals surface area contributed by atoms with Crippen LogP contribution in [0.2, 0.25) is 5.02 Å². The van der Waals surface area contributed by atoms with Crippen LogP contribution in [0.4, 0.5) is 0 Å². The average Bonchev–Trinajstić information content (AvgIpc) is 2.65. The molecule has 0 atom stereocenters. The minimum absolute atomic E-state index is 0.640. The molecule has 0 aromatic heterocycles. The first-order valence-electron chi connectivity index (χ1n) is 8.56. The third-order valence-electron chi connectivity index (χ3n) is 4.50. The monoisotopic (exact) mass is 355 g/mol. The van der Waals surface area contributed by atoms with Crippen LogP contribution >= 0.6 is 11.6 Å². The number of nitriles is 1. The number of ether oxygens (including phenoxy) is 1. The fourth-order valence-corrected chi connectivity index (χ4v) is 3.22. The first kappa shape index (κ1) is 17.8. The van der Waals surface area contributed by atoms with Gasteiger partial charge in [0.25, 0.3) is 0 Å². The van der Waals surface area contributed by atoms with Gasteiger partial charge in [-0.25, -0.2) is 0 Å². The number of halogens is 1. The zero-order chi connectivity index (χ0) is 17.5. The third kappa shape index (κ3) is 4.96. The SMILES string of the molecule is N#Cc1ccccc1CN1CCN(CCOc2ccccc2Cl)CC1. The zero-order valence-electron chi connectivity index (χ0n) is 14.2. The van der Waals surface area contributed by atoms with E-state index in [0.717, 1.165) is 56.1 Å². The molecule has 1 aliphatic heterocycles. The molecule has 1 heterocycles. The zero-order valence-corrected chi connectivity index (χ0v) is 15.0. The highest BCUT2D eigenvalue weighted by atomic mass is 35.5. The standard InChI is InChI=1S/C20H22ClN3O/c21-19-7-3-4-8-20(19)25-14-13-23-9-11-24(12-10-23)16-18-6-2-1-5-17(18)15-22/h1-8H,9-14,16H2. The maximum atomic E-state index is 9.20. The maximum Gasteiger partial charge on any atom is 0.137 e. The molecule has 4 nitrogen and oxygen atoms in total. The second kappa shape index (κ2) is 8.87. The van der Waals surface area contributed by atoms with Crippen LogP contribution in [0.1, 0.15) is 11.1 Å². The van der Waals surface area contributed by atoms with Crippen LogP contribution in [0.15, 0.2) is 48.5 Å². The van der Waals surface area contributed by atoms with Crippen molar-refractivity contribution in [3.8, 4) is 11.8 Å². The van der Waals surface area contributed by atoms with E-state index in [1.165, 1.54) is 0 Å². The highest BCUT2D eigenvalue weighted by Crippen LogP contribution is 2.23. The Kier molecular flexibility index (Phi) is 6.30. The van der Waals surface area contributed by atoms with E-state index in [-0.39, 0.29) is 0 Å². The van der Waals surface area contributed by atoms with Gasteiger partial charge in [-0.2, -0.15) is 5.26 Å². The number of hydrogen-bond acceptors (Lipinski definition) is 4. The van der Waals surface area contributed by atoms with Gasteiger partial charge in [0, 0.05) is 39.3 Å². The van der Waals surface area contributed by atoms with E-state index in [2.05, 4.69) is 15.9 Å². The van der Waals surface area contributed by atoms with Crippen molar-refractivity contribution in [3.63, 3.8) is 0 Å². The molecular weight excluding hydrogens is 334 g/mol. The highest BCUT2D eigenvalue weighted by Gasteiger charge is 2.17. The molecule has 0 radical (unpaired) electrons. The van der Waals surface area contributed by atoms with Crippen molar-refractivity contribution < 1.29 is 4.74 Å². The summed E-state index contributed by atoms with van der Waals surface area (Å²) in [6, 6.07) is 17.7. The van der Waals surface area contributed by atoms with Crippen LogP contribution < -0.4 is 4.74 Å². The molecule has 1 saturated heterocycles. The fraction of sp³-hybridized carbons (Fsp3) is 0.350. The van der Waals surface area contributed by atoms with Gasteiger partial charge in [-0.15, -0.1) is 0 Å². The van der Waals surface area contributed by atoms with Crippen LogP contribution in [0.25, 0.3) is 0 Å². The molecule has 0 amide bonds. The summed E-state index contributed by atoms with van der Waals surface area (Å²) in [6.45, 7) is 6.42. The van der Waals surface area contributed by atoms with Gasteiger partial charge in [-0.05, 0) is 23.8 Å². The van der Waals surface area contributed by atoms with Crippen molar-refractivity contribution in [3.05, 3.63) is 64.7 Å². The first-order valence-corrected chi connectivity index (χ1v) is 8.94. The Morgan fingerprint density at radius 1 is 0.960 bits per heavy atom. The van der Waals surface area contributed by atoms with Crippen LogP contribution in [0, 0.1) is 11.3 Å². The van der Waals surface area contributed by atoms with Crippen LogP contribution in [-0.2, 0) is 6.54 Å². The third-order valence-corrected chi connectivity index (χ3v) is 4.81. The van der Waals surface area contributed by atoms with E-state index in [9.17, 15) is 5.26 Å². The van der Waals surface area contributed by atoms with Gasteiger partial charge in [-0.3, -0.25) is 9.80 Å². The van der Waals surface area contributed by atoms with E-state index in [1.807, 2.05) is 48.5 Å². The minimum atomic E-state index is 0.640. The smallest absolute Gasteiger partial charge is 0.137 e. The molecule has 0 spiro atoms. The van der Waals surface area contributed by atoms with E-state index < -0.39 is 0 Å². The van der Waals surface area contributed by atoms with Gasteiger partial charge in [-0.1, -0.05) is 41.9 Å². The first-order chi connectivity index (χ1) is 12.3. The quantitative estimate of drug-likeness (QED) is 0.796. The number of piperazine rings is 1. The number of nitrogens with zero attached hydrogens (tertiary/aromatic N) is 3. The molecule has 1 fully saturated rings. The topological polar surface area (TPSA) is 39.5 Å². The van der Waals surface area contributed by atoms with E-state index >= 15 is 0 Å². The molecule has 0 aliphatic carbocycles. The summed E-state index contributed by atoms with van der Waals surface area (Å²) in [5.74, 6) is 0.746. The van der Waals surface area contributed by atoms with Gasteiger partial charge < -0.3 is 4.74 Å². The van der Waals surface area contributed by atoms with Crippen molar-refractivity contribution in [2.24, 2.45) is 0 Å². The molecule has 2 aromatic carbocycles. The Labute approximate surface area is 154 Å². The summed E-state index contributed by atoms with van der Waals surface area (Å²) in [6.07, 6.45) is 0. The van der Waals surface area contributed by atoms with Crippen molar-refractivity contribution in [1.82, 2.24) is 9.80 Å². The van der Waals surface area contributed by atoms with Gasteiger partial charge >= 0.3 is 0 Å². The molecule has 2 aromatic rings. The molecule has 0 unspecified atom stereocenters. The Hall–Kier alpha value is -2.06.